The number of fused-ring (bicyclic) bond motifs is 1. The van der Waals surface area contributed by atoms with E-state index in [-0.39, 0.29) is 17.8 Å². The molecule has 3 aromatic rings. The lowest BCUT2D eigenvalue weighted by Gasteiger charge is -2.18. The van der Waals surface area contributed by atoms with Crippen molar-refractivity contribution in [2.24, 2.45) is 11.8 Å². The van der Waals surface area contributed by atoms with E-state index in [1.807, 2.05) is 0 Å². The summed E-state index contributed by atoms with van der Waals surface area (Å²) in [5.74, 6) is 1.64. The highest BCUT2D eigenvalue weighted by Gasteiger charge is 2.23. The quantitative estimate of drug-likeness (QED) is 0.380. The first-order chi connectivity index (χ1) is 16.5. The number of ether oxygens (including phenoxy) is 1. The van der Waals surface area contributed by atoms with Gasteiger partial charge in [0.1, 0.15) is 5.75 Å². The molecule has 2 aromatic heterocycles. The largest absolute Gasteiger partial charge is 0.453 e. The molecule has 5 nitrogen and oxygen atoms in total. The minimum atomic E-state index is -0.530. The van der Waals surface area contributed by atoms with E-state index in [0.717, 1.165) is 41.8 Å². The van der Waals surface area contributed by atoms with Crippen LogP contribution in [0.3, 0.4) is 0 Å². The van der Waals surface area contributed by atoms with Crippen LogP contribution in [0.2, 0.25) is 0 Å². The average molecular weight is 480 g/mol. The molecule has 178 valence electrons. The molecule has 1 aromatic carbocycles. The Hall–Kier alpha value is -2.93. The number of urea groups is 1. The average Bonchev–Trinajstić information content (AvgIpc) is 3.56. The van der Waals surface area contributed by atoms with E-state index in [4.69, 9.17) is 4.74 Å². The molecule has 1 saturated carbocycles. The highest BCUT2D eigenvalue weighted by atomic mass is 32.1. The smallest absolute Gasteiger partial charge is 0.319 e. The SMILES string of the molecule is CC(C)C1CCC=C(c2cc3nccc(Oc4ccc(NC(=O)NC5CC5)cc4F)c3s2)CC1. The van der Waals surface area contributed by atoms with Crippen molar-refractivity contribution in [3.05, 3.63) is 53.3 Å². The first-order valence-corrected chi connectivity index (χ1v) is 12.9. The van der Waals surface area contributed by atoms with Gasteiger partial charge >= 0.3 is 6.03 Å². The summed E-state index contributed by atoms with van der Waals surface area (Å²) < 4.78 is 21.7. The van der Waals surface area contributed by atoms with Crippen LogP contribution in [0.5, 0.6) is 11.5 Å². The molecule has 5 rings (SSSR count). The molecule has 0 aliphatic heterocycles. The molecule has 2 aliphatic carbocycles. The number of aromatic nitrogens is 1. The Morgan fingerprint density at radius 1 is 1.15 bits per heavy atom. The molecule has 1 atom stereocenters. The molecule has 0 bridgehead atoms. The molecular weight excluding hydrogens is 449 g/mol. The number of carbonyl (C=O) groups is 1. The van der Waals surface area contributed by atoms with Crippen molar-refractivity contribution < 1.29 is 13.9 Å². The maximum atomic E-state index is 14.8. The van der Waals surface area contributed by atoms with Gasteiger partial charge in [0.2, 0.25) is 0 Å². The van der Waals surface area contributed by atoms with E-state index in [0.29, 0.717) is 17.4 Å². The lowest BCUT2D eigenvalue weighted by atomic mass is 9.88. The molecule has 7 heteroatoms. The highest BCUT2D eigenvalue weighted by molar-refractivity contribution is 7.20. The van der Waals surface area contributed by atoms with Crippen molar-refractivity contribution in [2.45, 2.75) is 58.4 Å². The van der Waals surface area contributed by atoms with E-state index >= 15 is 0 Å². The Bertz CT molecular complexity index is 1230. The third-order valence-corrected chi connectivity index (χ3v) is 7.88. The van der Waals surface area contributed by atoms with Gasteiger partial charge in [-0.1, -0.05) is 19.9 Å². The van der Waals surface area contributed by atoms with Gasteiger partial charge in [0.15, 0.2) is 11.6 Å². The molecule has 2 N–H and O–H groups in total. The van der Waals surface area contributed by atoms with Crippen LogP contribution >= 0.6 is 11.3 Å². The number of hydrogen-bond acceptors (Lipinski definition) is 4. The molecule has 0 saturated heterocycles. The van der Waals surface area contributed by atoms with Gasteiger partial charge in [0, 0.05) is 34.9 Å². The van der Waals surface area contributed by atoms with Crippen LogP contribution in [0.1, 0.15) is 57.2 Å². The number of allylic oxidation sites excluding steroid dienone is 2. The Labute approximate surface area is 203 Å². The fourth-order valence-corrected chi connectivity index (χ4v) is 5.60. The van der Waals surface area contributed by atoms with Gasteiger partial charge in [-0.2, -0.15) is 0 Å². The Kier molecular flexibility index (Phi) is 6.55. The number of halogens is 1. The van der Waals surface area contributed by atoms with Gasteiger partial charge < -0.3 is 15.4 Å². The van der Waals surface area contributed by atoms with Gasteiger partial charge in [-0.3, -0.25) is 4.98 Å². The van der Waals surface area contributed by atoms with Crippen LogP contribution in [0.15, 0.2) is 42.6 Å². The molecule has 2 aliphatic rings. The fraction of sp³-hybridized carbons (Fsp3) is 0.407. The van der Waals surface area contributed by atoms with Gasteiger partial charge in [-0.05, 0) is 74.1 Å². The number of nitrogens with one attached hydrogen (secondary N) is 2. The molecule has 2 amide bonds. The van der Waals surface area contributed by atoms with Crippen molar-refractivity contribution in [3.63, 3.8) is 0 Å². The lowest BCUT2D eigenvalue weighted by Crippen LogP contribution is -2.30. The van der Waals surface area contributed by atoms with E-state index < -0.39 is 5.82 Å². The summed E-state index contributed by atoms with van der Waals surface area (Å²) in [5, 5.41) is 5.49. The second-order valence-corrected chi connectivity index (χ2v) is 10.7. The van der Waals surface area contributed by atoms with Crippen molar-refractivity contribution in [2.75, 3.05) is 5.32 Å². The summed E-state index contributed by atoms with van der Waals surface area (Å²) in [6, 6.07) is 8.28. The molecule has 0 spiro atoms. The zero-order valence-corrected chi connectivity index (χ0v) is 20.4. The molecule has 2 heterocycles. The lowest BCUT2D eigenvalue weighted by molar-refractivity contribution is 0.251. The predicted molar refractivity (Wildman–Crippen MR) is 136 cm³/mol. The monoisotopic (exact) mass is 479 g/mol. The molecule has 1 fully saturated rings. The van der Waals surface area contributed by atoms with Crippen LogP contribution in [-0.2, 0) is 0 Å². The standard InChI is InChI=1S/C27H30FN3O2S/c1-16(2)17-4-3-5-18(7-6-17)25-15-22-26(34-25)24(12-13-29-22)33-23-11-10-20(14-21(23)28)31-27(32)30-19-8-9-19/h5,10-17,19H,3-4,6-9H2,1-2H3,(H2,30,31,32). The number of rotatable bonds is 6. The zero-order valence-electron chi connectivity index (χ0n) is 19.6. The van der Waals surface area contributed by atoms with Crippen molar-refractivity contribution in [3.8, 4) is 11.5 Å². The Balaban J connectivity index is 1.33. The Morgan fingerprint density at radius 2 is 2.00 bits per heavy atom. The van der Waals surface area contributed by atoms with E-state index in [1.54, 1.807) is 35.7 Å². The van der Waals surface area contributed by atoms with Crippen LogP contribution in [0.25, 0.3) is 15.8 Å². The van der Waals surface area contributed by atoms with Gasteiger partial charge in [0.25, 0.3) is 0 Å². The number of pyridine rings is 1. The highest BCUT2D eigenvalue weighted by Crippen LogP contribution is 2.41. The molecule has 0 radical (unpaired) electrons. The van der Waals surface area contributed by atoms with Crippen molar-refractivity contribution in [1.29, 1.82) is 0 Å². The van der Waals surface area contributed by atoms with Gasteiger partial charge in [-0.25, -0.2) is 9.18 Å². The van der Waals surface area contributed by atoms with E-state index in [1.165, 1.54) is 29.4 Å². The summed E-state index contributed by atoms with van der Waals surface area (Å²) in [4.78, 5) is 17.6. The summed E-state index contributed by atoms with van der Waals surface area (Å²) in [6.07, 6.45) is 10.7. The van der Waals surface area contributed by atoms with Gasteiger partial charge in [0.05, 0.1) is 10.2 Å². The minimum Gasteiger partial charge on any atom is -0.453 e. The second-order valence-electron chi connectivity index (χ2n) is 9.60. The predicted octanol–water partition coefficient (Wildman–Crippen LogP) is 7.74. The summed E-state index contributed by atoms with van der Waals surface area (Å²) in [7, 11) is 0. The molecular formula is C27H30FN3O2S. The van der Waals surface area contributed by atoms with Crippen molar-refractivity contribution in [1.82, 2.24) is 10.3 Å². The first kappa shape index (κ1) is 22.8. The number of hydrogen-bond donors (Lipinski definition) is 2. The summed E-state index contributed by atoms with van der Waals surface area (Å²) in [5.41, 5.74) is 2.63. The van der Waals surface area contributed by atoms with E-state index in [2.05, 4.69) is 41.6 Å². The van der Waals surface area contributed by atoms with Crippen LogP contribution in [0.4, 0.5) is 14.9 Å². The maximum absolute atomic E-state index is 14.8. The molecule has 34 heavy (non-hydrogen) atoms. The third kappa shape index (κ3) is 5.25. The van der Waals surface area contributed by atoms with Crippen LogP contribution in [0, 0.1) is 17.7 Å². The zero-order chi connectivity index (χ0) is 23.7. The van der Waals surface area contributed by atoms with Crippen molar-refractivity contribution >= 4 is 38.8 Å². The number of benzene rings is 1. The van der Waals surface area contributed by atoms with Crippen LogP contribution in [-0.4, -0.2) is 17.1 Å². The molecule has 1 unspecified atom stereocenters. The number of anilines is 1. The third-order valence-electron chi connectivity index (χ3n) is 6.67. The Morgan fingerprint density at radius 3 is 2.76 bits per heavy atom. The van der Waals surface area contributed by atoms with E-state index in [9.17, 15) is 9.18 Å². The number of carbonyl (C=O) groups excluding carboxylic acids is 1. The normalized spacial score (nSPS) is 18.5. The topological polar surface area (TPSA) is 63.2 Å². The summed E-state index contributed by atoms with van der Waals surface area (Å²) in [6.45, 7) is 4.63. The second kappa shape index (κ2) is 9.74. The van der Waals surface area contributed by atoms with Crippen LogP contribution < -0.4 is 15.4 Å². The first-order valence-electron chi connectivity index (χ1n) is 12.1. The number of nitrogens with zero attached hydrogens (tertiary/aromatic N) is 1. The fourth-order valence-electron chi connectivity index (χ4n) is 4.46. The number of thiophene rings is 1. The maximum Gasteiger partial charge on any atom is 0.319 e. The van der Waals surface area contributed by atoms with Gasteiger partial charge in [-0.15, -0.1) is 11.3 Å². The minimum absolute atomic E-state index is 0.115. The summed E-state index contributed by atoms with van der Waals surface area (Å²) >= 11 is 1.65. The number of amides is 2.